The Labute approximate surface area is 201 Å². The molecule has 1 aromatic carbocycles. The summed E-state index contributed by atoms with van der Waals surface area (Å²) in [6, 6.07) is 12.1. The molecule has 3 heterocycles. The molecule has 1 N–H and O–H groups in total. The molecule has 1 fully saturated rings. The van der Waals surface area contributed by atoms with E-state index in [0.717, 1.165) is 55.1 Å². The fraction of sp³-hybridized carbons (Fsp3) is 0.407. The van der Waals surface area contributed by atoms with Crippen molar-refractivity contribution < 1.29 is 4.79 Å². The van der Waals surface area contributed by atoms with E-state index in [1.54, 1.807) is 0 Å². The van der Waals surface area contributed by atoms with Crippen LogP contribution in [-0.4, -0.2) is 66.3 Å². The lowest BCUT2D eigenvalue weighted by Gasteiger charge is -2.33. The summed E-state index contributed by atoms with van der Waals surface area (Å²) in [5.74, 6) is 3.01. The Bertz CT molecular complexity index is 1170. The quantitative estimate of drug-likeness (QED) is 0.752. The zero-order valence-electron chi connectivity index (χ0n) is 20.2. The fourth-order valence-corrected chi connectivity index (χ4v) is 4.88. The molecule has 0 amide bonds. The largest absolute Gasteiger partial charge is 0.354 e. The van der Waals surface area contributed by atoms with Gasteiger partial charge in [0.15, 0.2) is 11.6 Å². The molecule has 176 valence electrons. The second kappa shape index (κ2) is 9.14. The maximum atomic E-state index is 12.9. The summed E-state index contributed by atoms with van der Waals surface area (Å²) in [4.78, 5) is 31.8. The SMILES string of the molecule is CN1CCN(c2cc(NC3=NCC4=C3C(=O)CC(C)(C)C4)nc(/C=C/c3ccccc3)n2)CC1. The number of benzene rings is 1. The van der Waals surface area contributed by atoms with Gasteiger partial charge in [-0.25, -0.2) is 9.97 Å². The molecule has 0 spiro atoms. The molecule has 1 aliphatic carbocycles. The summed E-state index contributed by atoms with van der Waals surface area (Å²) in [5, 5.41) is 3.37. The Morgan fingerprint density at radius 3 is 2.53 bits per heavy atom. The van der Waals surface area contributed by atoms with Crippen molar-refractivity contribution in [2.75, 3.05) is 50.0 Å². The average Bonchev–Trinajstić information content (AvgIpc) is 3.20. The van der Waals surface area contributed by atoms with Gasteiger partial charge in [-0.15, -0.1) is 0 Å². The number of amidine groups is 1. The number of hydrogen-bond acceptors (Lipinski definition) is 7. The van der Waals surface area contributed by atoms with Crippen molar-refractivity contribution in [2.24, 2.45) is 10.4 Å². The van der Waals surface area contributed by atoms with Crippen molar-refractivity contribution >= 4 is 35.4 Å². The van der Waals surface area contributed by atoms with E-state index >= 15 is 0 Å². The van der Waals surface area contributed by atoms with Crippen molar-refractivity contribution in [3.63, 3.8) is 0 Å². The van der Waals surface area contributed by atoms with Crippen LogP contribution in [0, 0.1) is 5.41 Å². The monoisotopic (exact) mass is 456 g/mol. The summed E-state index contributed by atoms with van der Waals surface area (Å²) in [6.45, 7) is 8.71. The van der Waals surface area contributed by atoms with Crippen molar-refractivity contribution in [2.45, 2.75) is 26.7 Å². The molecular weight excluding hydrogens is 424 g/mol. The van der Waals surface area contributed by atoms with E-state index in [2.05, 4.69) is 53.1 Å². The van der Waals surface area contributed by atoms with Crippen LogP contribution in [0.5, 0.6) is 0 Å². The first-order valence-electron chi connectivity index (χ1n) is 12.0. The number of likely N-dealkylation sites (N-methyl/N-ethyl adjacent to an activating group) is 1. The molecule has 7 nitrogen and oxygen atoms in total. The predicted molar refractivity (Wildman–Crippen MR) is 138 cm³/mol. The van der Waals surface area contributed by atoms with Crippen LogP contribution < -0.4 is 10.2 Å². The Hall–Kier alpha value is -3.32. The molecular formula is C27H32N6O. The maximum Gasteiger partial charge on any atom is 0.167 e. The van der Waals surface area contributed by atoms with E-state index in [4.69, 9.17) is 9.97 Å². The first kappa shape index (κ1) is 22.5. The van der Waals surface area contributed by atoms with Crippen LogP contribution in [-0.2, 0) is 4.79 Å². The van der Waals surface area contributed by atoms with Gasteiger partial charge in [0.1, 0.15) is 17.5 Å². The molecule has 2 aromatic rings. The number of rotatable bonds is 4. The molecule has 2 aliphatic heterocycles. The normalized spacial score (nSPS) is 20.6. The molecule has 3 aliphatic rings. The Kier molecular flexibility index (Phi) is 6.04. The van der Waals surface area contributed by atoms with Crippen LogP contribution in [0.25, 0.3) is 12.2 Å². The number of hydrogen-bond donors (Lipinski definition) is 1. The van der Waals surface area contributed by atoms with Gasteiger partial charge in [0.05, 0.1) is 12.1 Å². The van der Waals surface area contributed by atoms with E-state index in [-0.39, 0.29) is 11.2 Å². The standard InChI is InChI=1S/C27H32N6O/c1-27(2)16-20-18-28-26(25(20)21(34)17-27)31-23-15-24(33-13-11-32(3)12-14-33)30-22(29-23)10-9-19-7-5-4-6-8-19/h4-10,15H,11-14,16-18H2,1-3H3,(H,28,29,30,31)/b10-9+. The van der Waals surface area contributed by atoms with E-state index in [9.17, 15) is 4.79 Å². The molecule has 0 atom stereocenters. The molecule has 1 aromatic heterocycles. The number of anilines is 2. The molecule has 1 saturated heterocycles. The van der Waals surface area contributed by atoms with Gasteiger partial charge in [-0.1, -0.05) is 50.3 Å². The second-order valence-corrected chi connectivity index (χ2v) is 10.2. The van der Waals surface area contributed by atoms with E-state index in [0.29, 0.717) is 30.4 Å². The number of ketones is 1. The van der Waals surface area contributed by atoms with Crippen LogP contribution in [0.15, 0.2) is 52.5 Å². The zero-order valence-corrected chi connectivity index (χ0v) is 20.2. The van der Waals surface area contributed by atoms with Crippen molar-refractivity contribution in [1.29, 1.82) is 0 Å². The first-order valence-corrected chi connectivity index (χ1v) is 12.0. The minimum absolute atomic E-state index is 0.000200. The number of aliphatic imine (C=N–C) groups is 1. The van der Waals surface area contributed by atoms with Crippen LogP contribution in [0.2, 0.25) is 0 Å². The van der Waals surface area contributed by atoms with Crippen molar-refractivity contribution in [3.8, 4) is 0 Å². The lowest BCUT2D eigenvalue weighted by molar-refractivity contribution is -0.117. The van der Waals surface area contributed by atoms with E-state index in [1.165, 1.54) is 0 Å². The van der Waals surface area contributed by atoms with Crippen LogP contribution in [0.1, 0.15) is 38.1 Å². The third-order valence-corrected chi connectivity index (χ3v) is 6.66. The Morgan fingerprint density at radius 1 is 1.00 bits per heavy atom. The molecule has 34 heavy (non-hydrogen) atoms. The third kappa shape index (κ3) is 4.94. The highest BCUT2D eigenvalue weighted by molar-refractivity contribution is 6.27. The number of Topliss-reactive ketones (excluding diaryl/α,β-unsaturated/α-hetero) is 1. The lowest BCUT2D eigenvalue weighted by Crippen LogP contribution is -2.44. The van der Waals surface area contributed by atoms with Crippen molar-refractivity contribution in [1.82, 2.24) is 14.9 Å². The highest BCUT2D eigenvalue weighted by atomic mass is 16.1. The summed E-state index contributed by atoms with van der Waals surface area (Å²) >= 11 is 0. The van der Waals surface area contributed by atoms with Gasteiger partial charge in [-0.3, -0.25) is 9.79 Å². The molecule has 0 saturated carbocycles. The van der Waals surface area contributed by atoms with Gasteiger partial charge in [-0.2, -0.15) is 0 Å². The number of nitrogens with zero attached hydrogens (tertiary/aromatic N) is 5. The van der Waals surface area contributed by atoms with Gasteiger partial charge in [0.25, 0.3) is 0 Å². The van der Waals surface area contributed by atoms with E-state index < -0.39 is 0 Å². The highest BCUT2D eigenvalue weighted by Crippen LogP contribution is 2.39. The van der Waals surface area contributed by atoms with Crippen LogP contribution in [0.4, 0.5) is 11.6 Å². The maximum absolute atomic E-state index is 12.9. The topological polar surface area (TPSA) is 73.7 Å². The molecule has 5 rings (SSSR count). The smallest absolute Gasteiger partial charge is 0.167 e. The lowest BCUT2D eigenvalue weighted by atomic mass is 9.74. The zero-order chi connectivity index (χ0) is 23.7. The van der Waals surface area contributed by atoms with Crippen LogP contribution >= 0.6 is 0 Å². The first-order chi connectivity index (χ1) is 16.4. The summed E-state index contributed by atoms with van der Waals surface area (Å²) in [5.41, 5.74) is 3.00. The third-order valence-electron chi connectivity index (χ3n) is 6.66. The number of piperazine rings is 1. The number of nitrogens with one attached hydrogen (secondary N) is 1. The van der Waals surface area contributed by atoms with Crippen LogP contribution in [0.3, 0.4) is 0 Å². The minimum atomic E-state index is -0.000200. The second-order valence-electron chi connectivity index (χ2n) is 10.2. The summed E-state index contributed by atoms with van der Waals surface area (Å²) in [6.07, 6.45) is 5.42. The average molecular weight is 457 g/mol. The van der Waals surface area contributed by atoms with Gasteiger partial charge in [0.2, 0.25) is 0 Å². The Morgan fingerprint density at radius 2 is 1.76 bits per heavy atom. The molecule has 0 radical (unpaired) electrons. The van der Waals surface area contributed by atoms with Gasteiger partial charge in [-0.05, 0) is 36.1 Å². The highest BCUT2D eigenvalue weighted by Gasteiger charge is 2.37. The molecule has 7 heteroatoms. The number of aromatic nitrogens is 2. The molecule has 0 unspecified atom stereocenters. The fourth-order valence-electron chi connectivity index (χ4n) is 4.88. The van der Waals surface area contributed by atoms with Gasteiger partial charge < -0.3 is 15.1 Å². The predicted octanol–water partition coefficient (Wildman–Crippen LogP) is 3.91. The van der Waals surface area contributed by atoms with Gasteiger partial charge >= 0.3 is 0 Å². The summed E-state index contributed by atoms with van der Waals surface area (Å²) in [7, 11) is 2.14. The summed E-state index contributed by atoms with van der Waals surface area (Å²) < 4.78 is 0. The van der Waals surface area contributed by atoms with E-state index in [1.807, 2.05) is 36.4 Å². The van der Waals surface area contributed by atoms with Crippen molar-refractivity contribution in [3.05, 3.63) is 58.9 Å². The minimum Gasteiger partial charge on any atom is -0.354 e. The molecule has 0 bridgehead atoms. The number of carbonyl (C=O) groups excluding carboxylic acids is 1. The van der Waals surface area contributed by atoms with Gasteiger partial charge in [0, 0.05) is 38.7 Å². The number of carbonyl (C=O) groups is 1. The Balaban J connectivity index is 1.44.